The second kappa shape index (κ2) is 6.91. The molecule has 0 saturated heterocycles. The standard InChI is InChI=1S/C22H23NO4/c1-14-7-5-6-8-16(14)18-12-20(24)27-19-11-15(9-10-17(18)19)23(4)13-22(2,3)21(25)26/h5-12H,13H2,1-4H3,(H,25,26). The van der Waals surface area contributed by atoms with Crippen LogP contribution in [0.15, 0.2) is 57.7 Å². The lowest BCUT2D eigenvalue weighted by Gasteiger charge is -2.28. The van der Waals surface area contributed by atoms with E-state index in [0.717, 1.165) is 27.8 Å². The normalized spacial score (nSPS) is 11.6. The van der Waals surface area contributed by atoms with Crippen LogP contribution in [0.5, 0.6) is 0 Å². The van der Waals surface area contributed by atoms with Gasteiger partial charge in [-0.3, -0.25) is 4.79 Å². The molecule has 0 atom stereocenters. The van der Waals surface area contributed by atoms with Crippen molar-refractivity contribution < 1.29 is 14.3 Å². The smallest absolute Gasteiger partial charge is 0.336 e. The number of carboxylic acid groups (broad SMARTS) is 1. The van der Waals surface area contributed by atoms with Crippen LogP contribution in [-0.4, -0.2) is 24.7 Å². The van der Waals surface area contributed by atoms with Gasteiger partial charge in [0.15, 0.2) is 0 Å². The molecular formula is C22H23NO4. The van der Waals surface area contributed by atoms with Gasteiger partial charge in [-0.1, -0.05) is 24.3 Å². The molecule has 0 spiro atoms. The lowest BCUT2D eigenvalue weighted by Crippen LogP contribution is -2.37. The molecule has 1 heterocycles. The van der Waals surface area contributed by atoms with Gasteiger partial charge in [0.25, 0.3) is 0 Å². The van der Waals surface area contributed by atoms with Crippen molar-refractivity contribution in [3.05, 3.63) is 64.5 Å². The molecule has 0 aliphatic carbocycles. The fourth-order valence-corrected chi connectivity index (χ4v) is 3.24. The Morgan fingerprint density at radius 3 is 2.48 bits per heavy atom. The summed E-state index contributed by atoms with van der Waals surface area (Å²) in [6.45, 7) is 5.70. The van der Waals surface area contributed by atoms with Crippen LogP contribution in [0, 0.1) is 12.3 Å². The van der Waals surface area contributed by atoms with E-state index in [2.05, 4.69) is 0 Å². The minimum absolute atomic E-state index is 0.329. The average molecular weight is 365 g/mol. The lowest BCUT2D eigenvalue weighted by atomic mass is 9.93. The Morgan fingerprint density at radius 1 is 1.11 bits per heavy atom. The molecule has 0 saturated carbocycles. The summed E-state index contributed by atoms with van der Waals surface area (Å²) in [4.78, 5) is 25.4. The van der Waals surface area contributed by atoms with E-state index in [-0.39, 0.29) is 0 Å². The predicted octanol–water partition coefficient (Wildman–Crippen LogP) is 4.32. The Balaban J connectivity index is 2.08. The fraction of sp³-hybridized carbons (Fsp3) is 0.273. The van der Waals surface area contributed by atoms with E-state index in [4.69, 9.17) is 4.42 Å². The number of aliphatic carboxylic acids is 1. The average Bonchev–Trinajstić information content (AvgIpc) is 2.60. The molecular weight excluding hydrogens is 342 g/mol. The van der Waals surface area contributed by atoms with Crippen LogP contribution in [0.2, 0.25) is 0 Å². The minimum atomic E-state index is -0.895. The van der Waals surface area contributed by atoms with Crippen molar-refractivity contribution in [2.24, 2.45) is 5.41 Å². The number of carboxylic acids is 1. The third-order valence-corrected chi connectivity index (χ3v) is 4.82. The number of hydrogen-bond donors (Lipinski definition) is 1. The topological polar surface area (TPSA) is 70.8 Å². The van der Waals surface area contributed by atoms with E-state index in [1.165, 1.54) is 6.07 Å². The van der Waals surface area contributed by atoms with Crippen molar-refractivity contribution in [3.63, 3.8) is 0 Å². The molecule has 27 heavy (non-hydrogen) atoms. The monoisotopic (exact) mass is 365 g/mol. The second-order valence-corrected chi connectivity index (χ2v) is 7.52. The fourth-order valence-electron chi connectivity index (χ4n) is 3.24. The zero-order valence-electron chi connectivity index (χ0n) is 15.9. The van der Waals surface area contributed by atoms with Crippen LogP contribution in [0.3, 0.4) is 0 Å². The summed E-state index contributed by atoms with van der Waals surface area (Å²) in [6.07, 6.45) is 0. The second-order valence-electron chi connectivity index (χ2n) is 7.52. The Hall–Kier alpha value is -3.08. The molecule has 0 amide bonds. The van der Waals surface area contributed by atoms with Gasteiger partial charge in [0.05, 0.1) is 5.41 Å². The third kappa shape index (κ3) is 3.72. The number of rotatable bonds is 5. The van der Waals surface area contributed by atoms with E-state index < -0.39 is 17.0 Å². The van der Waals surface area contributed by atoms with Gasteiger partial charge >= 0.3 is 11.6 Å². The molecule has 5 heteroatoms. The maximum atomic E-state index is 12.1. The van der Waals surface area contributed by atoms with Gasteiger partial charge < -0.3 is 14.4 Å². The number of benzene rings is 2. The summed E-state index contributed by atoms with van der Waals surface area (Å²) in [6, 6.07) is 15.0. The summed E-state index contributed by atoms with van der Waals surface area (Å²) < 4.78 is 5.43. The maximum absolute atomic E-state index is 12.1. The highest BCUT2D eigenvalue weighted by atomic mass is 16.4. The first-order chi connectivity index (χ1) is 12.7. The van der Waals surface area contributed by atoms with Crippen LogP contribution in [0.25, 0.3) is 22.1 Å². The van der Waals surface area contributed by atoms with E-state index in [9.17, 15) is 14.7 Å². The molecule has 0 fully saturated rings. The number of fused-ring (bicyclic) bond motifs is 1. The van der Waals surface area contributed by atoms with Gasteiger partial charge in [-0.2, -0.15) is 0 Å². The first-order valence-corrected chi connectivity index (χ1v) is 8.77. The van der Waals surface area contributed by atoms with Crippen molar-refractivity contribution in [2.75, 3.05) is 18.5 Å². The Morgan fingerprint density at radius 2 is 1.81 bits per heavy atom. The molecule has 0 aliphatic heterocycles. The zero-order valence-corrected chi connectivity index (χ0v) is 15.9. The van der Waals surface area contributed by atoms with Crippen LogP contribution >= 0.6 is 0 Å². The number of anilines is 1. The molecule has 0 aliphatic rings. The van der Waals surface area contributed by atoms with Gasteiger partial charge in [-0.05, 0) is 44.0 Å². The number of aryl methyl sites for hydroxylation is 1. The summed E-state index contributed by atoms with van der Waals surface area (Å²) in [5, 5.41) is 10.2. The van der Waals surface area contributed by atoms with Gasteiger partial charge in [0.2, 0.25) is 0 Å². The summed E-state index contributed by atoms with van der Waals surface area (Å²) >= 11 is 0. The van der Waals surface area contributed by atoms with Crippen LogP contribution in [0.4, 0.5) is 5.69 Å². The summed E-state index contributed by atoms with van der Waals surface area (Å²) in [5.74, 6) is -0.858. The maximum Gasteiger partial charge on any atom is 0.336 e. The van der Waals surface area contributed by atoms with Gasteiger partial charge in [0.1, 0.15) is 5.58 Å². The lowest BCUT2D eigenvalue weighted by molar-refractivity contribution is -0.146. The van der Waals surface area contributed by atoms with Crippen LogP contribution in [-0.2, 0) is 4.79 Å². The van der Waals surface area contributed by atoms with Gasteiger partial charge in [0, 0.05) is 42.4 Å². The minimum Gasteiger partial charge on any atom is -0.481 e. The highest BCUT2D eigenvalue weighted by molar-refractivity contribution is 5.95. The molecule has 2 aromatic carbocycles. The largest absolute Gasteiger partial charge is 0.481 e. The Bertz CT molecular complexity index is 1070. The van der Waals surface area contributed by atoms with Crippen molar-refractivity contribution >= 4 is 22.6 Å². The first-order valence-electron chi connectivity index (χ1n) is 8.77. The molecule has 1 aromatic heterocycles. The first kappa shape index (κ1) is 18.7. The van der Waals surface area contributed by atoms with Crippen molar-refractivity contribution in [3.8, 4) is 11.1 Å². The number of nitrogens with zero attached hydrogens (tertiary/aromatic N) is 1. The van der Waals surface area contributed by atoms with Crippen molar-refractivity contribution in [1.82, 2.24) is 0 Å². The molecule has 3 aromatic rings. The summed E-state index contributed by atoms with van der Waals surface area (Å²) in [7, 11) is 1.83. The SMILES string of the molecule is Cc1ccccc1-c1cc(=O)oc2cc(N(C)CC(C)(C)C(=O)O)ccc12. The quantitative estimate of drug-likeness (QED) is 0.682. The molecule has 1 N–H and O–H groups in total. The van der Waals surface area contributed by atoms with E-state index in [1.54, 1.807) is 19.9 Å². The molecule has 5 nitrogen and oxygen atoms in total. The van der Waals surface area contributed by atoms with Gasteiger partial charge in [-0.15, -0.1) is 0 Å². The van der Waals surface area contributed by atoms with Crippen molar-refractivity contribution in [2.45, 2.75) is 20.8 Å². The number of carbonyl (C=O) groups is 1. The third-order valence-electron chi connectivity index (χ3n) is 4.82. The van der Waals surface area contributed by atoms with Crippen LogP contribution < -0.4 is 10.5 Å². The molecule has 140 valence electrons. The van der Waals surface area contributed by atoms with Crippen LogP contribution in [0.1, 0.15) is 19.4 Å². The van der Waals surface area contributed by atoms with E-state index in [1.807, 2.05) is 55.3 Å². The van der Waals surface area contributed by atoms with Gasteiger partial charge in [-0.25, -0.2) is 4.79 Å². The summed E-state index contributed by atoms with van der Waals surface area (Å²) in [5.41, 5.74) is 2.87. The molecule has 0 unspecified atom stereocenters. The Labute approximate surface area is 157 Å². The highest BCUT2D eigenvalue weighted by Gasteiger charge is 2.29. The Kier molecular flexibility index (Phi) is 4.79. The van der Waals surface area contributed by atoms with E-state index in [0.29, 0.717) is 12.1 Å². The molecule has 0 bridgehead atoms. The number of hydrogen-bond acceptors (Lipinski definition) is 4. The van der Waals surface area contributed by atoms with Crippen molar-refractivity contribution in [1.29, 1.82) is 0 Å². The predicted molar refractivity (Wildman–Crippen MR) is 107 cm³/mol. The van der Waals surface area contributed by atoms with E-state index >= 15 is 0 Å². The zero-order chi connectivity index (χ0) is 19.8. The molecule has 0 radical (unpaired) electrons. The highest BCUT2D eigenvalue weighted by Crippen LogP contribution is 2.32. The molecule has 3 rings (SSSR count).